The zero-order valence-electron chi connectivity index (χ0n) is 16.5. The maximum atomic E-state index is 6.18. The van der Waals surface area contributed by atoms with Crippen LogP contribution in [-0.2, 0) is 6.61 Å². The highest BCUT2D eigenvalue weighted by atomic mass is 35.5. The van der Waals surface area contributed by atoms with Crippen LogP contribution >= 0.6 is 23.8 Å². The Hall–Kier alpha value is -2.31. The van der Waals surface area contributed by atoms with Gasteiger partial charge in [0.2, 0.25) is 0 Å². The SMILES string of the molecule is COc1cc(/C=N/NC(=S)NC2CCCCC2)ccc1OCc1ccccc1Cl. The number of hydrazone groups is 1. The highest BCUT2D eigenvalue weighted by molar-refractivity contribution is 7.80. The van der Waals surface area contributed by atoms with Gasteiger partial charge in [-0.15, -0.1) is 0 Å². The minimum Gasteiger partial charge on any atom is -0.493 e. The lowest BCUT2D eigenvalue weighted by Gasteiger charge is -2.23. The van der Waals surface area contributed by atoms with Crippen molar-refractivity contribution in [3.8, 4) is 11.5 Å². The van der Waals surface area contributed by atoms with Crippen molar-refractivity contribution in [3.05, 3.63) is 58.6 Å². The minimum atomic E-state index is 0.367. The third kappa shape index (κ3) is 6.61. The first-order chi connectivity index (χ1) is 14.2. The molecule has 0 saturated heterocycles. The molecule has 0 aliphatic heterocycles. The standard InChI is InChI=1S/C22H26ClN3O2S/c1-27-21-13-16(14-24-26-22(29)25-18-8-3-2-4-9-18)11-12-20(21)28-15-17-7-5-6-10-19(17)23/h5-7,10-14,18H,2-4,8-9,15H2,1H3,(H2,25,26,29)/b24-14+. The monoisotopic (exact) mass is 431 g/mol. The second kappa shape index (κ2) is 11.0. The summed E-state index contributed by atoms with van der Waals surface area (Å²) in [5.41, 5.74) is 4.68. The lowest BCUT2D eigenvalue weighted by atomic mass is 9.96. The Morgan fingerprint density at radius 1 is 1.17 bits per heavy atom. The van der Waals surface area contributed by atoms with E-state index in [9.17, 15) is 0 Å². The Balaban J connectivity index is 1.54. The van der Waals surface area contributed by atoms with E-state index in [-0.39, 0.29) is 0 Å². The van der Waals surface area contributed by atoms with Crippen molar-refractivity contribution in [1.29, 1.82) is 0 Å². The van der Waals surface area contributed by atoms with Gasteiger partial charge in [-0.25, -0.2) is 0 Å². The number of ether oxygens (including phenoxy) is 2. The number of hydrogen-bond donors (Lipinski definition) is 2. The lowest BCUT2D eigenvalue weighted by molar-refractivity contribution is 0.284. The van der Waals surface area contributed by atoms with Gasteiger partial charge in [0.15, 0.2) is 16.6 Å². The summed E-state index contributed by atoms with van der Waals surface area (Å²) in [5.74, 6) is 1.27. The number of rotatable bonds is 7. The molecule has 2 aromatic rings. The van der Waals surface area contributed by atoms with Gasteiger partial charge in [-0.3, -0.25) is 5.43 Å². The smallest absolute Gasteiger partial charge is 0.187 e. The molecule has 1 aliphatic rings. The molecule has 154 valence electrons. The summed E-state index contributed by atoms with van der Waals surface area (Å²) in [6.45, 7) is 0.367. The maximum Gasteiger partial charge on any atom is 0.187 e. The van der Waals surface area contributed by atoms with E-state index in [1.54, 1.807) is 13.3 Å². The van der Waals surface area contributed by atoms with Crippen LogP contribution in [0, 0.1) is 0 Å². The number of nitrogens with zero attached hydrogens (tertiary/aromatic N) is 1. The van der Waals surface area contributed by atoms with Crippen molar-refractivity contribution in [2.75, 3.05) is 7.11 Å². The van der Waals surface area contributed by atoms with Crippen molar-refractivity contribution < 1.29 is 9.47 Å². The molecule has 1 fully saturated rings. The highest BCUT2D eigenvalue weighted by Gasteiger charge is 2.13. The first kappa shape index (κ1) is 21.4. The third-order valence-corrected chi connectivity index (χ3v) is 5.43. The van der Waals surface area contributed by atoms with Crippen LogP contribution in [0.15, 0.2) is 47.6 Å². The van der Waals surface area contributed by atoms with Crippen LogP contribution in [0.2, 0.25) is 5.02 Å². The van der Waals surface area contributed by atoms with Gasteiger partial charge in [0.25, 0.3) is 0 Å². The van der Waals surface area contributed by atoms with E-state index in [0.29, 0.717) is 34.3 Å². The molecular formula is C22H26ClN3O2S. The molecule has 2 aromatic carbocycles. The number of thiocarbonyl (C=S) groups is 1. The number of nitrogens with one attached hydrogen (secondary N) is 2. The van der Waals surface area contributed by atoms with Crippen LogP contribution in [-0.4, -0.2) is 24.5 Å². The van der Waals surface area contributed by atoms with Gasteiger partial charge < -0.3 is 14.8 Å². The van der Waals surface area contributed by atoms with Crippen molar-refractivity contribution in [3.63, 3.8) is 0 Å². The fourth-order valence-electron chi connectivity index (χ4n) is 3.28. The van der Waals surface area contributed by atoms with Gasteiger partial charge in [-0.2, -0.15) is 5.10 Å². The first-order valence-corrected chi connectivity index (χ1v) is 10.6. The molecule has 7 heteroatoms. The molecule has 0 amide bonds. The number of benzene rings is 2. The van der Waals surface area contributed by atoms with Crippen molar-refractivity contribution in [2.45, 2.75) is 44.8 Å². The zero-order valence-corrected chi connectivity index (χ0v) is 18.1. The van der Waals surface area contributed by atoms with E-state index < -0.39 is 0 Å². The fourth-order valence-corrected chi connectivity index (χ4v) is 3.69. The maximum absolute atomic E-state index is 6.18. The molecule has 3 rings (SSSR count). The van der Waals surface area contributed by atoms with E-state index in [2.05, 4.69) is 15.8 Å². The molecule has 0 bridgehead atoms. The Bertz CT molecular complexity index is 854. The Morgan fingerprint density at radius 2 is 1.97 bits per heavy atom. The Morgan fingerprint density at radius 3 is 2.72 bits per heavy atom. The predicted molar refractivity (Wildman–Crippen MR) is 122 cm³/mol. The van der Waals surface area contributed by atoms with E-state index in [1.807, 2.05) is 42.5 Å². The van der Waals surface area contributed by atoms with Gasteiger partial charge in [-0.1, -0.05) is 49.1 Å². The van der Waals surface area contributed by atoms with E-state index in [4.69, 9.17) is 33.3 Å². The predicted octanol–water partition coefficient (Wildman–Crippen LogP) is 5.06. The molecule has 0 heterocycles. The molecule has 0 unspecified atom stereocenters. The summed E-state index contributed by atoms with van der Waals surface area (Å²) in [7, 11) is 1.61. The van der Waals surface area contributed by atoms with Crippen LogP contribution in [0.4, 0.5) is 0 Å². The second-order valence-corrected chi connectivity index (χ2v) is 7.78. The molecule has 1 aliphatic carbocycles. The average molecular weight is 432 g/mol. The zero-order chi connectivity index (χ0) is 20.5. The normalized spacial score (nSPS) is 14.6. The highest BCUT2D eigenvalue weighted by Crippen LogP contribution is 2.29. The quantitative estimate of drug-likeness (QED) is 0.364. The first-order valence-electron chi connectivity index (χ1n) is 9.79. The topological polar surface area (TPSA) is 54.9 Å². The average Bonchev–Trinajstić information content (AvgIpc) is 2.74. The second-order valence-electron chi connectivity index (χ2n) is 6.97. The van der Waals surface area contributed by atoms with Gasteiger partial charge in [0, 0.05) is 16.6 Å². The Labute approximate surface area is 182 Å². The molecule has 1 saturated carbocycles. The molecular weight excluding hydrogens is 406 g/mol. The van der Waals surface area contributed by atoms with Crippen LogP contribution < -0.4 is 20.2 Å². The van der Waals surface area contributed by atoms with Gasteiger partial charge in [-0.05, 0) is 54.9 Å². The van der Waals surface area contributed by atoms with Crippen molar-refractivity contribution >= 4 is 35.1 Å². The number of halogens is 1. The summed E-state index contributed by atoms with van der Waals surface area (Å²) in [4.78, 5) is 0. The molecule has 2 N–H and O–H groups in total. The fraction of sp³-hybridized carbons (Fsp3) is 0.364. The number of methoxy groups -OCH3 is 1. The third-order valence-electron chi connectivity index (χ3n) is 4.85. The van der Waals surface area contributed by atoms with Crippen molar-refractivity contribution in [1.82, 2.24) is 10.7 Å². The Kier molecular flexibility index (Phi) is 8.14. The van der Waals surface area contributed by atoms with Crippen LogP contribution in [0.1, 0.15) is 43.2 Å². The molecule has 29 heavy (non-hydrogen) atoms. The van der Waals surface area contributed by atoms with Gasteiger partial charge >= 0.3 is 0 Å². The van der Waals surface area contributed by atoms with Crippen LogP contribution in [0.25, 0.3) is 0 Å². The van der Waals surface area contributed by atoms with Crippen LogP contribution in [0.3, 0.4) is 0 Å². The molecule has 0 aromatic heterocycles. The van der Waals surface area contributed by atoms with Gasteiger partial charge in [0.05, 0.1) is 13.3 Å². The minimum absolute atomic E-state index is 0.367. The molecule has 0 spiro atoms. The number of hydrogen-bond acceptors (Lipinski definition) is 4. The molecule has 0 radical (unpaired) electrons. The molecule has 0 atom stereocenters. The summed E-state index contributed by atoms with van der Waals surface area (Å²) in [6, 6.07) is 13.7. The van der Waals surface area contributed by atoms with Crippen LogP contribution in [0.5, 0.6) is 11.5 Å². The van der Waals surface area contributed by atoms with E-state index in [1.165, 1.54) is 32.1 Å². The van der Waals surface area contributed by atoms with E-state index >= 15 is 0 Å². The summed E-state index contributed by atoms with van der Waals surface area (Å²) in [6.07, 6.45) is 7.87. The summed E-state index contributed by atoms with van der Waals surface area (Å²) < 4.78 is 11.3. The summed E-state index contributed by atoms with van der Waals surface area (Å²) in [5, 5.41) is 8.78. The van der Waals surface area contributed by atoms with Crippen molar-refractivity contribution in [2.24, 2.45) is 5.10 Å². The largest absolute Gasteiger partial charge is 0.493 e. The lowest BCUT2D eigenvalue weighted by Crippen LogP contribution is -2.40. The van der Waals surface area contributed by atoms with E-state index in [0.717, 1.165) is 11.1 Å². The van der Waals surface area contributed by atoms with Gasteiger partial charge in [0.1, 0.15) is 6.61 Å². The summed E-state index contributed by atoms with van der Waals surface area (Å²) >= 11 is 11.5. The molecule has 5 nitrogen and oxygen atoms in total.